The summed E-state index contributed by atoms with van der Waals surface area (Å²) < 4.78 is 12.5. The van der Waals surface area contributed by atoms with Crippen molar-refractivity contribution in [1.82, 2.24) is 9.88 Å². The molecule has 2 heterocycles. The van der Waals surface area contributed by atoms with Crippen LogP contribution in [0.25, 0.3) is 0 Å². The van der Waals surface area contributed by atoms with Gasteiger partial charge in [0.15, 0.2) is 0 Å². The first kappa shape index (κ1) is 10.9. The van der Waals surface area contributed by atoms with Crippen LogP contribution in [0.5, 0.6) is 0 Å². The van der Waals surface area contributed by atoms with E-state index < -0.39 is 5.95 Å². The summed E-state index contributed by atoms with van der Waals surface area (Å²) in [5.74, 6) is -0.0129. The van der Waals surface area contributed by atoms with Crippen molar-refractivity contribution in [2.45, 2.75) is 19.9 Å². The molecule has 1 N–H and O–H groups in total. The van der Waals surface area contributed by atoms with Crippen molar-refractivity contribution < 1.29 is 9.18 Å². The van der Waals surface area contributed by atoms with E-state index in [1.807, 2.05) is 6.92 Å². The van der Waals surface area contributed by atoms with Crippen LogP contribution in [0.15, 0.2) is 18.3 Å². The van der Waals surface area contributed by atoms with Gasteiger partial charge in [0.1, 0.15) is 0 Å². The second kappa shape index (κ2) is 4.08. The van der Waals surface area contributed by atoms with Crippen molar-refractivity contribution in [3.8, 4) is 0 Å². The number of anilines is 1. The Kier molecular flexibility index (Phi) is 2.77. The number of rotatable bonds is 1. The third-order valence-electron chi connectivity index (χ3n) is 3.04. The van der Waals surface area contributed by atoms with Crippen LogP contribution < -0.4 is 5.32 Å². The molecule has 0 radical (unpaired) electrons. The summed E-state index contributed by atoms with van der Waals surface area (Å²) in [6.07, 6.45) is 1.31. The first-order valence-corrected chi connectivity index (χ1v) is 5.27. The first-order chi connectivity index (χ1) is 7.58. The van der Waals surface area contributed by atoms with Crippen LogP contribution in [0.1, 0.15) is 13.8 Å². The van der Waals surface area contributed by atoms with E-state index in [2.05, 4.69) is 17.2 Å². The van der Waals surface area contributed by atoms with E-state index in [1.54, 1.807) is 4.90 Å². The minimum atomic E-state index is -0.552. The van der Waals surface area contributed by atoms with Crippen LogP contribution in [0.4, 0.5) is 14.9 Å². The van der Waals surface area contributed by atoms with E-state index in [9.17, 15) is 9.18 Å². The normalized spacial score (nSPS) is 23.8. The van der Waals surface area contributed by atoms with Crippen molar-refractivity contribution in [3.05, 3.63) is 24.3 Å². The number of halogens is 1. The number of likely N-dealkylation sites (tertiary alicyclic amines) is 1. The molecule has 2 rings (SSSR count). The Balaban J connectivity index is 1.95. The zero-order valence-corrected chi connectivity index (χ0v) is 9.27. The maximum atomic E-state index is 12.5. The second-order valence-electron chi connectivity index (χ2n) is 4.17. The highest BCUT2D eigenvalue weighted by atomic mass is 19.1. The number of hydrogen-bond acceptors (Lipinski definition) is 2. The number of carbonyl (C=O) groups excluding carboxylic acids is 1. The van der Waals surface area contributed by atoms with Crippen molar-refractivity contribution >= 4 is 11.7 Å². The van der Waals surface area contributed by atoms with Gasteiger partial charge >= 0.3 is 6.03 Å². The summed E-state index contributed by atoms with van der Waals surface area (Å²) in [6.45, 7) is 4.88. The monoisotopic (exact) mass is 223 g/mol. The molecule has 1 aliphatic heterocycles. The Labute approximate surface area is 93.5 Å². The SMILES string of the molecule is CC1CN(C(=O)Nc2ccc(F)nc2)C1C. The van der Waals surface area contributed by atoms with Crippen molar-refractivity contribution in [2.75, 3.05) is 11.9 Å². The summed E-state index contributed by atoms with van der Waals surface area (Å²) in [6, 6.07) is 2.82. The topological polar surface area (TPSA) is 45.2 Å². The predicted octanol–water partition coefficient (Wildman–Crippen LogP) is 2.09. The molecule has 1 aromatic heterocycles. The minimum absolute atomic E-state index is 0.154. The number of urea groups is 1. The van der Waals surface area contributed by atoms with E-state index in [1.165, 1.54) is 18.3 Å². The highest BCUT2D eigenvalue weighted by Crippen LogP contribution is 2.24. The molecular weight excluding hydrogens is 209 g/mol. The number of carbonyl (C=O) groups is 1. The summed E-state index contributed by atoms with van der Waals surface area (Å²) in [5, 5.41) is 2.68. The van der Waals surface area contributed by atoms with Gasteiger partial charge in [-0.25, -0.2) is 9.78 Å². The summed E-state index contributed by atoms with van der Waals surface area (Å²) in [7, 11) is 0. The lowest BCUT2D eigenvalue weighted by Gasteiger charge is -2.44. The quantitative estimate of drug-likeness (QED) is 0.741. The number of amides is 2. The van der Waals surface area contributed by atoms with Gasteiger partial charge in [0, 0.05) is 12.6 Å². The minimum Gasteiger partial charge on any atom is -0.321 e. The number of nitrogens with one attached hydrogen (secondary N) is 1. The molecule has 5 heteroatoms. The molecule has 16 heavy (non-hydrogen) atoms. The molecule has 1 aliphatic rings. The zero-order chi connectivity index (χ0) is 11.7. The van der Waals surface area contributed by atoms with Gasteiger partial charge in [0.05, 0.1) is 11.9 Å². The fraction of sp³-hybridized carbons (Fsp3) is 0.455. The van der Waals surface area contributed by atoms with Crippen LogP contribution in [-0.4, -0.2) is 28.5 Å². The molecule has 1 saturated heterocycles. The molecule has 0 aromatic carbocycles. The molecule has 2 amide bonds. The molecule has 86 valence electrons. The highest BCUT2D eigenvalue weighted by Gasteiger charge is 2.35. The maximum absolute atomic E-state index is 12.5. The zero-order valence-electron chi connectivity index (χ0n) is 9.27. The van der Waals surface area contributed by atoms with E-state index in [0.717, 1.165) is 6.54 Å². The van der Waals surface area contributed by atoms with E-state index in [4.69, 9.17) is 0 Å². The summed E-state index contributed by atoms with van der Waals surface area (Å²) >= 11 is 0. The Hall–Kier alpha value is -1.65. The Morgan fingerprint density at radius 1 is 1.56 bits per heavy atom. The standard InChI is InChI=1S/C11H14FN3O/c1-7-6-15(8(7)2)11(16)14-9-3-4-10(12)13-5-9/h3-5,7-8H,6H2,1-2H3,(H,14,16). The lowest BCUT2D eigenvalue weighted by Crippen LogP contribution is -2.57. The van der Waals surface area contributed by atoms with E-state index >= 15 is 0 Å². The summed E-state index contributed by atoms with van der Waals surface area (Å²) in [4.78, 5) is 16.9. The van der Waals surface area contributed by atoms with Crippen LogP contribution >= 0.6 is 0 Å². The lowest BCUT2D eigenvalue weighted by molar-refractivity contribution is 0.0798. The molecule has 0 spiro atoms. The van der Waals surface area contributed by atoms with Crippen LogP contribution in [-0.2, 0) is 0 Å². The molecular formula is C11H14FN3O. The Morgan fingerprint density at radius 3 is 2.81 bits per heavy atom. The number of aromatic nitrogens is 1. The predicted molar refractivity (Wildman–Crippen MR) is 58.5 cm³/mol. The average Bonchev–Trinajstić information content (AvgIpc) is 2.28. The molecule has 1 fully saturated rings. The number of hydrogen-bond donors (Lipinski definition) is 1. The van der Waals surface area contributed by atoms with Crippen molar-refractivity contribution in [3.63, 3.8) is 0 Å². The fourth-order valence-corrected chi connectivity index (χ4v) is 1.71. The van der Waals surface area contributed by atoms with Gasteiger partial charge in [0.25, 0.3) is 0 Å². The fourth-order valence-electron chi connectivity index (χ4n) is 1.71. The molecule has 0 bridgehead atoms. The molecule has 2 atom stereocenters. The van der Waals surface area contributed by atoms with Crippen LogP contribution in [0.3, 0.4) is 0 Å². The van der Waals surface area contributed by atoms with Gasteiger partial charge < -0.3 is 10.2 Å². The van der Waals surface area contributed by atoms with E-state index in [0.29, 0.717) is 11.6 Å². The number of pyridine rings is 1. The average molecular weight is 223 g/mol. The third kappa shape index (κ3) is 1.98. The van der Waals surface area contributed by atoms with E-state index in [-0.39, 0.29) is 12.1 Å². The number of nitrogens with zero attached hydrogens (tertiary/aromatic N) is 2. The van der Waals surface area contributed by atoms with Gasteiger partial charge in [0.2, 0.25) is 5.95 Å². The second-order valence-corrected chi connectivity index (χ2v) is 4.17. The summed E-state index contributed by atoms with van der Waals surface area (Å²) in [5.41, 5.74) is 0.512. The highest BCUT2D eigenvalue weighted by molar-refractivity contribution is 5.89. The largest absolute Gasteiger partial charge is 0.322 e. The molecule has 4 nitrogen and oxygen atoms in total. The lowest BCUT2D eigenvalue weighted by atomic mass is 9.93. The third-order valence-corrected chi connectivity index (χ3v) is 3.04. The molecule has 2 unspecified atom stereocenters. The Bertz CT molecular complexity index is 393. The first-order valence-electron chi connectivity index (χ1n) is 5.27. The van der Waals surface area contributed by atoms with Gasteiger partial charge in [-0.1, -0.05) is 6.92 Å². The van der Waals surface area contributed by atoms with Gasteiger partial charge in [-0.3, -0.25) is 0 Å². The van der Waals surface area contributed by atoms with Gasteiger partial charge in [-0.2, -0.15) is 4.39 Å². The van der Waals surface area contributed by atoms with Crippen LogP contribution in [0, 0.1) is 11.9 Å². The van der Waals surface area contributed by atoms with Crippen molar-refractivity contribution in [2.24, 2.45) is 5.92 Å². The molecule has 0 saturated carbocycles. The van der Waals surface area contributed by atoms with Gasteiger partial charge in [-0.15, -0.1) is 0 Å². The van der Waals surface area contributed by atoms with Crippen LogP contribution in [0.2, 0.25) is 0 Å². The molecule has 1 aromatic rings. The van der Waals surface area contributed by atoms with Crippen molar-refractivity contribution in [1.29, 1.82) is 0 Å². The smallest absolute Gasteiger partial charge is 0.321 e. The maximum Gasteiger partial charge on any atom is 0.322 e. The Morgan fingerprint density at radius 2 is 2.31 bits per heavy atom. The molecule has 0 aliphatic carbocycles. The van der Waals surface area contributed by atoms with Gasteiger partial charge in [-0.05, 0) is 25.0 Å².